The number of benzene rings is 1. The highest BCUT2D eigenvalue weighted by molar-refractivity contribution is 5.59. The Morgan fingerprint density at radius 1 is 1.33 bits per heavy atom. The van der Waals surface area contributed by atoms with Crippen molar-refractivity contribution >= 4 is 5.69 Å². The summed E-state index contributed by atoms with van der Waals surface area (Å²) >= 11 is 0. The Morgan fingerprint density at radius 2 is 2.08 bits per heavy atom. The van der Waals surface area contributed by atoms with Gasteiger partial charge in [0.1, 0.15) is 0 Å². The van der Waals surface area contributed by atoms with Crippen LogP contribution in [0.1, 0.15) is 13.0 Å². The summed E-state index contributed by atoms with van der Waals surface area (Å²) in [6.07, 6.45) is 3.05. The Bertz CT molecular complexity index is 278. The molecular weight excluding hydrogens is 146 g/mol. The Balaban J connectivity index is 0.000000720. The monoisotopic (exact) mass is 161 g/mol. The molecule has 1 heterocycles. The predicted molar refractivity (Wildman–Crippen MR) is 54.4 cm³/mol. The van der Waals surface area contributed by atoms with Gasteiger partial charge < -0.3 is 4.90 Å². The number of para-hydroxylation sites is 1. The van der Waals surface area contributed by atoms with E-state index in [1.807, 2.05) is 6.20 Å². The molecular formula is C11H15N. The molecule has 1 nitrogen and oxygen atoms in total. The molecule has 0 radical (unpaired) electrons. The highest BCUT2D eigenvalue weighted by Gasteiger charge is 2.14. The summed E-state index contributed by atoms with van der Waals surface area (Å²) in [6, 6.07) is 8.48. The summed E-state index contributed by atoms with van der Waals surface area (Å²) in [5, 5.41) is 0. The van der Waals surface area contributed by atoms with E-state index in [1.54, 1.807) is 0 Å². The van der Waals surface area contributed by atoms with Crippen LogP contribution in [0, 0.1) is 0 Å². The van der Waals surface area contributed by atoms with E-state index in [0.717, 1.165) is 13.0 Å². The summed E-state index contributed by atoms with van der Waals surface area (Å²) in [5.74, 6) is 0. The fraction of sp³-hybridized carbons (Fsp3) is 0.273. The fourth-order valence-electron chi connectivity index (χ4n) is 1.55. The molecule has 1 aromatic carbocycles. The molecule has 0 saturated carbocycles. The van der Waals surface area contributed by atoms with Crippen LogP contribution in [0.15, 0.2) is 37.0 Å². The van der Waals surface area contributed by atoms with Crippen molar-refractivity contribution in [2.45, 2.75) is 13.8 Å². The molecule has 0 aromatic heterocycles. The van der Waals surface area contributed by atoms with E-state index >= 15 is 0 Å². The molecule has 1 heteroatoms. The van der Waals surface area contributed by atoms with Gasteiger partial charge in [0.15, 0.2) is 0 Å². The minimum Gasteiger partial charge on any atom is -0.348 e. The average Bonchev–Trinajstić information content (AvgIpc) is 2.47. The molecule has 0 saturated heterocycles. The van der Waals surface area contributed by atoms with Gasteiger partial charge in [-0.15, -0.1) is 0 Å². The first-order valence-electron chi connectivity index (χ1n) is 3.89. The maximum absolute atomic E-state index is 3.77. The Morgan fingerprint density at radius 3 is 2.83 bits per heavy atom. The summed E-state index contributed by atoms with van der Waals surface area (Å²) in [7, 11) is 0. The summed E-state index contributed by atoms with van der Waals surface area (Å²) in [6.45, 7) is 4.85. The largest absolute Gasteiger partial charge is 0.348 e. The number of rotatable bonds is 1. The highest BCUT2D eigenvalue weighted by Crippen LogP contribution is 2.26. The molecule has 0 N–H and O–H groups in total. The van der Waals surface area contributed by atoms with Crippen molar-refractivity contribution in [1.29, 1.82) is 0 Å². The standard InChI is InChI=1S/C10H11N.CH4/c1-2-11-8-7-9-5-3-4-6-10(9)11;/h2-6H,1,7-8H2;1H4. The van der Waals surface area contributed by atoms with Crippen LogP contribution >= 0.6 is 0 Å². The minimum absolute atomic E-state index is 0. The number of anilines is 1. The number of hydrogen-bond donors (Lipinski definition) is 0. The molecule has 1 aliphatic rings. The van der Waals surface area contributed by atoms with Gasteiger partial charge in [0.2, 0.25) is 0 Å². The van der Waals surface area contributed by atoms with E-state index in [9.17, 15) is 0 Å². The number of fused-ring (bicyclic) bond motifs is 1. The summed E-state index contributed by atoms with van der Waals surface area (Å²) < 4.78 is 0. The Labute approximate surface area is 74.3 Å². The van der Waals surface area contributed by atoms with Gasteiger partial charge in [-0.25, -0.2) is 0 Å². The second-order valence-electron chi connectivity index (χ2n) is 2.75. The predicted octanol–water partition coefficient (Wildman–Crippen LogP) is 2.83. The molecule has 1 aromatic rings. The lowest BCUT2D eigenvalue weighted by Crippen LogP contribution is -2.10. The zero-order chi connectivity index (χ0) is 7.68. The molecule has 12 heavy (non-hydrogen) atoms. The number of nitrogens with zero attached hydrogens (tertiary/aromatic N) is 1. The molecule has 0 unspecified atom stereocenters. The van der Waals surface area contributed by atoms with E-state index in [2.05, 4.69) is 35.7 Å². The van der Waals surface area contributed by atoms with Gasteiger partial charge in [-0.05, 0) is 24.3 Å². The molecule has 2 rings (SSSR count). The molecule has 0 aliphatic carbocycles. The summed E-state index contributed by atoms with van der Waals surface area (Å²) in [4.78, 5) is 2.19. The van der Waals surface area contributed by atoms with Crippen molar-refractivity contribution < 1.29 is 0 Å². The minimum atomic E-state index is 0. The first-order chi connectivity index (χ1) is 5.42. The smallest absolute Gasteiger partial charge is 0.0439 e. The molecule has 64 valence electrons. The third-order valence-corrected chi connectivity index (χ3v) is 2.14. The van der Waals surface area contributed by atoms with Crippen LogP contribution in [-0.4, -0.2) is 6.54 Å². The molecule has 0 amide bonds. The van der Waals surface area contributed by atoms with Gasteiger partial charge >= 0.3 is 0 Å². The van der Waals surface area contributed by atoms with Crippen LogP contribution in [0.2, 0.25) is 0 Å². The van der Waals surface area contributed by atoms with Crippen LogP contribution in [0.5, 0.6) is 0 Å². The van der Waals surface area contributed by atoms with Crippen molar-refractivity contribution in [3.05, 3.63) is 42.6 Å². The zero-order valence-electron chi connectivity index (χ0n) is 6.46. The Hall–Kier alpha value is -1.24. The van der Waals surface area contributed by atoms with Gasteiger partial charge in [0.05, 0.1) is 0 Å². The van der Waals surface area contributed by atoms with E-state index in [1.165, 1.54) is 11.3 Å². The van der Waals surface area contributed by atoms with Crippen molar-refractivity contribution in [2.24, 2.45) is 0 Å². The SMILES string of the molecule is C.C=CN1CCc2ccccc21. The maximum Gasteiger partial charge on any atom is 0.0439 e. The van der Waals surface area contributed by atoms with Crippen LogP contribution < -0.4 is 4.90 Å². The van der Waals surface area contributed by atoms with Crippen molar-refractivity contribution in [3.8, 4) is 0 Å². The summed E-state index contributed by atoms with van der Waals surface area (Å²) in [5.41, 5.74) is 2.76. The van der Waals surface area contributed by atoms with Crippen LogP contribution in [0.3, 0.4) is 0 Å². The van der Waals surface area contributed by atoms with Crippen molar-refractivity contribution in [2.75, 3.05) is 11.4 Å². The van der Waals surface area contributed by atoms with E-state index in [4.69, 9.17) is 0 Å². The quantitative estimate of drug-likeness (QED) is 0.612. The van der Waals surface area contributed by atoms with Crippen molar-refractivity contribution in [3.63, 3.8) is 0 Å². The Kier molecular flexibility index (Phi) is 2.54. The van der Waals surface area contributed by atoms with E-state index in [-0.39, 0.29) is 7.43 Å². The lowest BCUT2D eigenvalue weighted by Gasteiger charge is -2.11. The lowest BCUT2D eigenvalue weighted by molar-refractivity contribution is 0.995. The molecule has 0 spiro atoms. The molecule has 0 atom stereocenters. The zero-order valence-corrected chi connectivity index (χ0v) is 6.46. The first-order valence-corrected chi connectivity index (χ1v) is 3.89. The van der Waals surface area contributed by atoms with Gasteiger partial charge in [-0.3, -0.25) is 0 Å². The topological polar surface area (TPSA) is 3.24 Å². The first kappa shape index (κ1) is 8.85. The third kappa shape index (κ3) is 1.22. The van der Waals surface area contributed by atoms with E-state index in [0.29, 0.717) is 0 Å². The molecule has 1 aliphatic heterocycles. The van der Waals surface area contributed by atoms with Crippen molar-refractivity contribution in [1.82, 2.24) is 0 Å². The molecule has 0 bridgehead atoms. The maximum atomic E-state index is 3.77. The van der Waals surface area contributed by atoms with Gasteiger partial charge in [0, 0.05) is 12.2 Å². The number of hydrogen-bond acceptors (Lipinski definition) is 1. The van der Waals surface area contributed by atoms with Crippen LogP contribution in [-0.2, 0) is 6.42 Å². The van der Waals surface area contributed by atoms with Crippen LogP contribution in [0.25, 0.3) is 0 Å². The van der Waals surface area contributed by atoms with E-state index < -0.39 is 0 Å². The second kappa shape index (κ2) is 3.44. The third-order valence-electron chi connectivity index (χ3n) is 2.14. The normalized spacial score (nSPS) is 13.5. The average molecular weight is 161 g/mol. The van der Waals surface area contributed by atoms with Gasteiger partial charge in [-0.2, -0.15) is 0 Å². The van der Waals surface area contributed by atoms with Crippen LogP contribution in [0.4, 0.5) is 5.69 Å². The molecule has 0 fully saturated rings. The highest BCUT2D eigenvalue weighted by atomic mass is 15.1. The fourth-order valence-corrected chi connectivity index (χ4v) is 1.55. The van der Waals surface area contributed by atoms with Gasteiger partial charge in [0.25, 0.3) is 0 Å². The second-order valence-corrected chi connectivity index (χ2v) is 2.75. The van der Waals surface area contributed by atoms with Gasteiger partial charge in [-0.1, -0.05) is 32.2 Å². The lowest BCUT2D eigenvalue weighted by atomic mass is 10.2.